The van der Waals surface area contributed by atoms with Crippen molar-refractivity contribution in [2.24, 2.45) is 0 Å². The van der Waals surface area contributed by atoms with Gasteiger partial charge in [-0.05, 0) is 53.9 Å². The Kier molecular flexibility index (Phi) is 8.05. The number of amides is 1. The fourth-order valence-corrected chi connectivity index (χ4v) is 5.86. The van der Waals surface area contributed by atoms with Gasteiger partial charge in [0.15, 0.2) is 0 Å². The van der Waals surface area contributed by atoms with Crippen LogP contribution >= 0.6 is 11.3 Å². The summed E-state index contributed by atoms with van der Waals surface area (Å²) in [5, 5.41) is 17.1. The molecule has 0 saturated carbocycles. The smallest absolute Gasteiger partial charge is 0.250 e. The highest BCUT2D eigenvalue weighted by atomic mass is 32.2. The van der Waals surface area contributed by atoms with Gasteiger partial charge < -0.3 is 4.74 Å². The van der Waals surface area contributed by atoms with Gasteiger partial charge >= 0.3 is 0 Å². The molecule has 1 amide bonds. The summed E-state index contributed by atoms with van der Waals surface area (Å²) in [6.45, 7) is -0.0771. The molecular weight excluding hydrogens is 504 g/mol. The van der Waals surface area contributed by atoms with E-state index in [4.69, 9.17) is 9.94 Å². The molecule has 11 nitrogen and oxygen atoms in total. The summed E-state index contributed by atoms with van der Waals surface area (Å²) in [6, 6.07) is 13.8. The fraction of sp³-hybridized carbons (Fsp3) is 0.217. The van der Waals surface area contributed by atoms with Gasteiger partial charge in [0.25, 0.3) is 0 Å². The standard InChI is InChI=1S/C23H24N6O5S2/c1-34-20-4-2-16(3-5-20)12-19(13-22(30)27-31)29-15-18(26-28-29)14-25-36(32,33)23-7-6-21(35-23)17-8-10-24-11-9-17/h2-11,15,19,25,31H,12-14H2,1H3,(H,27,30)/t19-/m0/s1. The third-order valence-electron chi connectivity index (χ3n) is 5.36. The van der Waals surface area contributed by atoms with Crippen LogP contribution in [0.5, 0.6) is 5.75 Å². The molecule has 4 aromatic rings. The molecule has 1 atom stereocenters. The van der Waals surface area contributed by atoms with Crippen LogP contribution < -0.4 is 14.9 Å². The van der Waals surface area contributed by atoms with Crippen LogP contribution in [0, 0.1) is 0 Å². The molecule has 188 valence electrons. The summed E-state index contributed by atoms with van der Waals surface area (Å²) in [4.78, 5) is 16.7. The van der Waals surface area contributed by atoms with E-state index in [-0.39, 0.29) is 17.2 Å². The van der Waals surface area contributed by atoms with Crippen LogP contribution in [0.1, 0.15) is 23.7 Å². The van der Waals surface area contributed by atoms with E-state index in [1.807, 2.05) is 36.4 Å². The summed E-state index contributed by atoms with van der Waals surface area (Å²) < 4.78 is 35.0. The van der Waals surface area contributed by atoms with E-state index in [1.54, 1.807) is 43.3 Å². The molecule has 3 N–H and O–H groups in total. The Morgan fingerprint density at radius 3 is 2.58 bits per heavy atom. The topological polar surface area (TPSA) is 148 Å². The number of rotatable bonds is 11. The molecule has 0 unspecified atom stereocenters. The maximum Gasteiger partial charge on any atom is 0.250 e. The van der Waals surface area contributed by atoms with Crippen LogP contribution in [0.3, 0.4) is 0 Å². The molecule has 0 spiro atoms. The zero-order valence-electron chi connectivity index (χ0n) is 19.2. The molecule has 36 heavy (non-hydrogen) atoms. The first kappa shape index (κ1) is 25.4. The number of pyridine rings is 1. The first-order valence-electron chi connectivity index (χ1n) is 10.8. The first-order valence-corrected chi connectivity index (χ1v) is 13.1. The van der Waals surface area contributed by atoms with Gasteiger partial charge in [0.2, 0.25) is 15.9 Å². The van der Waals surface area contributed by atoms with Crippen LogP contribution in [0.4, 0.5) is 0 Å². The molecule has 0 radical (unpaired) electrons. The zero-order valence-corrected chi connectivity index (χ0v) is 20.9. The van der Waals surface area contributed by atoms with Gasteiger partial charge in [0.05, 0.1) is 38.0 Å². The third kappa shape index (κ3) is 6.31. The molecule has 0 aliphatic heterocycles. The van der Waals surface area contributed by atoms with Gasteiger partial charge in [0.1, 0.15) is 9.96 Å². The number of ether oxygens (including phenoxy) is 1. The highest BCUT2D eigenvalue weighted by Gasteiger charge is 2.21. The second kappa shape index (κ2) is 11.4. The Morgan fingerprint density at radius 1 is 1.14 bits per heavy atom. The Labute approximate surface area is 211 Å². The minimum Gasteiger partial charge on any atom is -0.497 e. The number of nitrogens with one attached hydrogen (secondary N) is 2. The van der Waals surface area contributed by atoms with Gasteiger partial charge in [-0.2, -0.15) is 0 Å². The number of carbonyl (C=O) groups excluding carboxylic acids is 1. The van der Waals surface area contributed by atoms with E-state index in [0.29, 0.717) is 17.9 Å². The number of methoxy groups -OCH3 is 1. The number of carbonyl (C=O) groups is 1. The lowest BCUT2D eigenvalue weighted by atomic mass is 10.0. The van der Waals surface area contributed by atoms with Crippen LogP contribution in [0.15, 0.2) is 71.3 Å². The Morgan fingerprint density at radius 2 is 1.89 bits per heavy atom. The summed E-state index contributed by atoms with van der Waals surface area (Å²) in [5.41, 5.74) is 3.83. The minimum absolute atomic E-state index is 0.0516. The number of nitrogens with zero attached hydrogens (tertiary/aromatic N) is 4. The lowest BCUT2D eigenvalue weighted by Crippen LogP contribution is -2.25. The minimum atomic E-state index is -3.77. The summed E-state index contributed by atoms with van der Waals surface area (Å²) in [5.74, 6) is 0.131. The molecule has 0 aliphatic carbocycles. The number of hydrogen-bond donors (Lipinski definition) is 3. The summed E-state index contributed by atoms with van der Waals surface area (Å²) in [6.07, 6.45) is 5.26. The van der Waals surface area contributed by atoms with E-state index >= 15 is 0 Å². The van der Waals surface area contributed by atoms with Crippen molar-refractivity contribution in [2.75, 3.05) is 7.11 Å². The quantitative estimate of drug-likeness (QED) is 0.199. The van der Waals surface area contributed by atoms with E-state index in [2.05, 4.69) is 20.0 Å². The number of aromatic nitrogens is 4. The SMILES string of the molecule is COc1ccc(C[C@@H](CC(=O)NO)n2cc(CNS(=O)(=O)c3ccc(-c4ccncc4)s3)nn2)cc1. The van der Waals surface area contributed by atoms with Crippen LogP contribution in [-0.2, 0) is 27.8 Å². The van der Waals surface area contributed by atoms with Crippen LogP contribution in [0.2, 0.25) is 0 Å². The maximum atomic E-state index is 12.8. The average molecular weight is 529 g/mol. The lowest BCUT2D eigenvalue weighted by Gasteiger charge is -2.16. The normalized spacial score (nSPS) is 12.3. The molecule has 4 rings (SSSR count). The van der Waals surface area contributed by atoms with E-state index in [0.717, 1.165) is 27.3 Å². The fourth-order valence-electron chi connectivity index (χ4n) is 3.50. The number of hydroxylamine groups is 1. The lowest BCUT2D eigenvalue weighted by molar-refractivity contribution is -0.130. The molecule has 3 aromatic heterocycles. The van der Waals surface area contributed by atoms with E-state index < -0.39 is 22.0 Å². The maximum absolute atomic E-state index is 12.8. The zero-order chi connectivity index (χ0) is 25.5. The molecule has 0 fully saturated rings. The third-order valence-corrected chi connectivity index (χ3v) is 8.39. The van der Waals surface area contributed by atoms with Crippen molar-refractivity contribution < 1.29 is 23.2 Å². The van der Waals surface area contributed by atoms with Crippen LogP contribution in [0.25, 0.3) is 10.4 Å². The molecule has 3 heterocycles. The Balaban J connectivity index is 1.44. The van der Waals surface area contributed by atoms with Gasteiger partial charge in [-0.1, -0.05) is 17.3 Å². The second-order valence-corrected chi connectivity index (χ2v) is 10.9. The van der Waals surface area contributed by atoms with Crippen molar-refractivity contribution in [3.63, 3.8) is 0 Å². The molecule has 1 aromatic carbocycles. The molecule has 13 heteroatoms. The Bertz CT molecular complexity index is 1400. The first-order chi connectivity index (χ1) is 17.4. The van der Waals surface area contributed by atoms with Crippen molar-refractivity contribution >= 4 is 27.3 Å². The molecule has 0 bridgehead atoms. The van der Waals surface area contributed by atoms with Crippen molar-refractivity contribution in [2.45, 2.75) is 29.6 Å². The van der Waals surface area contributed by atoms with Gasteiger partial charge in [-0.15, -0.1) is 16.4 Å². The highest BCUT2D eigenvalue weighted by molar-refractivity contribution is 7.91. The summed E-state index contributed by atoms with van der Waals surface area (Å²) in [7, 11) is -2.19. The predicted octanol–water partition coefficient (Wildman–Crippen LogP) is 2.57. The van der Waals surface area contributed by atoms with E-state index in [9.17, 15) is 13.2 Å². The monoisotopic (exact) mass is 528 g/mol. The van der Waals surface area contributed by atoms with Crippen molar-refractivity contribution in [3.8, 4) is 16.2 Å². The largest absolute Gasteiger partial charge is 0.497 e. The van der Waals surface area contributed by atoms with Crippen LogP contribution in [-0.4, -0.2) is 46.6 Å². The average Bonchev–Trinajstić information content (AvgIpc) is 3.59. The van der Waals surface area contributed by atoms with Gasteiger partial charge in [0, 0.05) is 17.3 Å². The summed E-state index contributed by atoms with van der Waals surface area (Å²) >= 11 is 1.15. The van der Waals surface area contributed by atoms with Crippen molar-refractivity contribution in [3.05, 3.63) is 78.4 Å². The Hall–Kier alpha value is -3.65. The molecule has 0 aliphatic rings. The second-order valence-electron chi connectivity index (χ2n) is 7.81. The van der Waals surface area contributed by atoms with Crippen molar-refractivity contribution in [1.29, 1.82) is 0 Å². The number of benzene rings is 1. The highest BCUT2D eigenvalue weighted by Crippen LogP contribution is 2.30. The molecule has 0 saturated heterocycles. The predicted molar refractivity (Wildman–Crippen MR) is 132 cm³/mol. The number of sulfonamides is 1. The number of thiophene rings is 1. The van der Waals surface area contributed by atoms with Gasteiger partial charge in [-0.25, -0.2) is 23.3 Å². The van der Waals surface area contributed by atoms with E-state index in [1.165, 1.54) is 4.68 Å². The number of hydrogen-bond acceptors (Lipinski definition) is 9. The van der Waals surface area contributed by atoms with Gasteiger partial charge in [-0.3, -0.25) is 15.0 Å². The molecular formula is C23H24N6O5S2. The van der Waals surface area contributed by atoms with Crippen molar-refractivity contribution in [1.82, 2.24) is 30.2 Å².